The van der Waals surface area contributed by atoms with Crippen LogP contribution in [0.4, 0.5) is 0 Å². The highest BCUT2D eigenvalue weighted by molar-refractivity contribution is 7.10. The largest absolute Gasteiger partial charge is 0.333 e. The summed E-state index contributed by atoms with van der Waals surface area (Å²) >= 11 is 1.56. The topological polar surface area (TPSA) is 61.8 Å². The molecule has 6 heteroatoms. The predicted molar refractivity (Wildman–Crippen MR) is 110 cm³/mol. The predicted octanol–water partition coefficient (Wildman–Crippen LogP) is 3.71. The quantitative estimate of drug-likeness (QED) is 0.806. The van der Waals surface area contributed by atoms with Crippen LogP contribution in [-0.4, -0.2) is 35.5 Å². The van der Waals surface area contributed by atoms with Crippen LogP contribution in [0.3, 0.4) is 0 Å². The molecule has 1 aromatic heterocycles. The fraction of sp³-hybridized carbons (Fsp3) is 0.476. The second kappa shape index (κ2) is 7.43. The van der Waals surface area contributed by atoms with Crippen molar-refractivity contribution in [3.05, 3.63) is 44.8 Å². The van der Waals surface area contributed by atoms with Crippen molar-refractivity contribution in [2.45, 2.75) is 47.6 Å². The molecule has 3 heterocycles. The van der Waals surface area contributed by atoms with E-state index in [0.29, 0.717) is 26.1 Å². The molecule has 0 atom stereocenters. The zero-order valence-electron chi connectivity index (χ0n) is 16.7. The van der Waals surface area contributed by atoms with E-state index in [0.717, 1.165) is 33.0 Å². The van der Waals surface area contributed by atoms with E-state index in [-0.39, 0.29) is 17.2 Å². The Balaban J connectivity index is 1.70. The van der Waals surface area contributed by atoms with Crippen LogP contribution in [0, 0.1) is 5.41 Å². The Morgan fingerprint density at radius 1 is 1.33 bits per heavy atom. The van der Waals surface area contributed by atoms with E-state index < -0.39 is 0 Å². The van der Waals surface area contributed by atoms with Crippen LogP contribution in [0.2, 0.25) is 0 Å². The highest BCUT2D eigenvalue weighted by Crippen LogP contribution is 2.30. The molecule has 0 spiro atoms. The van der Waals surface area contributed by atoms with Crippen LogP contribution in [0.1, 0.15) is 55.4 Å². The summed E-state index contributed by atoms with van der Waals surface area (Å²) in [6.07, 6.45) is 4.54. The molecule has 2 aliphatic rings. The second-order valence-corrected chi connectivity index (χ2v) is 9.04. The fourth-order valence-corrected chi connectivity index (χ4v) is 4.33. The number of thiophene rings is 1. The highest BCUT2D eigenvalue weighted by Gasteiger charge is 2.28. The number of rotatable bonds is 3. The zero-order valence-corrected chi connectivity index (χ0v) is 17.5. The lowest BCUT2D eigenvalue weighted by atomic mass is 9.90. The summed E-state index contributed by atoms with van der Waals surface area (Å²) in [5.74, 6) is -0.000888. The molecule has 0 saturated carbocycles. The van der Waals surface area contributed by atoms with E-state index in [2.05, 4.69) is 31.1 Å². The second-order valence-electron chi connectivity index (χ2n) is 8.07. The van der Waals surface area contributed by atoms with Crippen LogP contribution >= 0.6 is 11.3 Å². The highest BCUT2D eigenvalue weighted by atomic mass is 32.1. The van der Waals surface area contributed by atoms with Gasteiger partial charge in [0.15, 0.2) is 0 Å². The lowest BCUT2D eigenvalue weighted by molar-refractivity contribution is -0.127. The molecule has 144 valence electrons. The Morgan fingerprint density at radius 3 is 2.70 bits per heavy atom. The van der Waals surface area contributed by atoms with Crippen LogP contribution in [0.25, 0.3) is 0 Å². The smallest absolute Gasteiger partial charge is 0.256 e. The first kappa shape index (κ1) is 19.5. The third-order valence-electron chi connectivity index (χ3n) is 5.02. The van der Waals surface area contributed by atoms with Crippen molar-refractivity contribution in [3.8, 4) is 0 Å². The molecule has 0 aromatic carbocycles. The molecule has 0 bridgehead atoms. The standard InChI is InChI=1S/C21H27N3O2S/c1-6-13(2)20(26)24-8-7-15-16(12-27-17(15)11-24)19(25)23-14-9-18(22-10-14)21(3,4)5/h6,9,12H,7-8,10-11H2,1-5H3,(H,23,25)/b13-6+. The Labute approximate surface area is 164 Å². The summed E-state index contributed by atoms with van der Waals surface area (Å²) in [6.45, 7) is 11.8. The van der Waals surface area contributed by atoms with E-state index in [1.54, 1.807) is 11.3 Å². The van der Waals surface area contributed by atoms with Crippen molar-refractivity contribution < 1.29 is 9.59 Å². The molecule has 2 aliphatic heterocycles. The van der Waals surface area contributed by atoms with Gasteiger partial charge in [0.1, 0.15) is 0 Å². The molecular weight excluding hydrogens is 358 g/mol. The number of aliphatic imine (C=N–C) groups is 1. The average Bonchev–Trinajstić information content (AvgIpc) is 3.26. The molecule has 3 rings (SSSR count). The maximum Gasteiger partial charge on any atom is 0.256 e. The molecule has 1 aromatic rings. The van der Waals surface area contributed by atoms with Crippen molar-refractivity contribution in [2.24, 2.45) is 10.4 Å². The zero-order chi connectivity index (χ0) is 19.8. The van der Waals surface area contributed by atoms with Gasteiger partial charge in [0.25, 0.3) is 5.91 Å². The SMILES string of the molecule is C/C=C(\C)C(=O)N1CCc2c(C(=O)NC3=CC(C(C)(C)C)=NC3)csc2C1. The van der Waals surface area contributed by atoms with Gasteiger partial charge in [-0.15, -0.1) is 11.3 Å². The van der Waals surface area contributed by atoms with Gasteiger partial charge in [0, 0.05) is 39.2 Å². The maximum atomic E-state index is 12.8. The van der Waals surface area contributed by atoms with Gasteiger partial charge in [-0.25, -0.2) is 0 Å². The van der Waals surface area contributed by atoms with E-state index >= 15 is 0 Å². The van der Waals surface area contributed by atoms with E-state index in [1.807, 2.05) is 36.3 Å². The molecule has 1 N–H and O–H groups in total. The number of hydrogen-bond acceptors (Lipinski definition) is 4. The van der Waals surface area contributed by atoms with Gasteiger partial charge in [0.05, 0.1) is 18.7 Å². The van der Waals surface area contributed by atoms with Crippen LogP contribution in [-0.2, 0) is 17.8 Å². The van der Waals surface area contributed by atoms with Crippen molar-refractivity contribution in [3.63, 3.8) is 0 Å². The number of fused-ring (bicyclic) bond motifs is 1. The normalized spacial score (nSPS) is 17.4. The van der Waals surface area contributed by atoms with Crippen molar-refractivity contribution >= 4 is 28.9 Å². The Bertz CT molecular complexity index is 868. The first-order valence-corrected chi connectivity index (χ1v) is 10.2. The lowest BCUT2D eigenvalue weighted by Gasteiger charge is -2.27. The van der Waals surface area contributed by atoms with Gasteiger partial charge in [-0.3, -0.25) is 14.6 Å². The van der Waals surface area contributed by atoms with Crippen LogP contribution < -0.4 is 5.32 Å². The van der Waals surface area contributed by atoms with Gasteiger partial charge in [0.2, 0.25) is 5.91 Å². The maximum absolute atomic E-state index is 12.8. The van der Waals surface area contributed by atoms with Gasteiger partial charge >= 0.3 is 0 Å². The summed E-state index contributed by atoms with van der Waals surface area (Å²) in [5.41, 5.74) is 4.41. The van der Waals surface area contributed by atoms with Crippen LogP contribution in [0.5, 0.6) is 0 Å². The van der Waals surface area contributed by atoms with Gasteiger partial charge < -0.3 is 10.2 Å². The minimum absolute atomic E-state index is 0.0188. The molecule has 0 aliphatic carbocycles. The summed E-state index contributed by atoms with van der Waals surface area (Å²) in [4.78, 5) is 32.7. The Hall–Kier alpha value is -2.21. The number of amides is 2. The molecule has 2 amide bonds. The number of carbonyl (C=O) groups is 2. The molecule has 0 radical (unpaired) electrons. The van der Waals surface area contributed by atoms with Gasteiger partial charge in [-0.2, -0.15) is 0 Å². The third kappa shape index (κ3) is 4.05. The summed E-state index contributed by atoms with van der Waals surface area (Å²) < 4.78 is 0. The first-order valence-electron chi connectivity index (χ1n) is 9.29. The number of allylic oxidation sites excluding steroid dienone is 2. The third-order valence-corrected chi connectivity index (χ3v) is 6.04. The molecule has 0 saturated heterocycles. The van der Waals surface area contributed by atoms with Gasteiger partial charge in [-0.1, -0.05) is 26.8 Å². The fourth-order valence-electron chi connectivity index (χ4n) is 3.23. The number of nitrogens with one attached hydrogen (secondary N) is 1. The molecular formula is C21H27N3O2S. The van der Waals surface area contributed by atoms with Crippen LogP contribution in [0.15, 0.2) is 33.8 Å². The molecule has 0 fully saturated rings. The minimum Gasteiger partial charge on any atom is -0.333 e. The van der Waals surface area contributed by atoms with Crippen molar-refractivity contribution in [2.75, 3.05) is 13.1 Å². The van der Waals surface area contributed by atoms with E-state index in [4.69, 9.17) is 0 Å². The summed E-state index contributed by atoms with van der Waals surface area (Å²) in [6, 6.07) is 0. The molecule has 0 unspecified atom stereocenters. The Morgan fingerprint density at radius 2 is 2.07 bits per heavy atom. The summed E-state index contributed by atoms with van der Waals surface area (Å²) in [7, 11) is 0. The Kier molecular flexibility index (Phi) is 5.38. The van der Waals surface area contributed by atoms with E-state index in [1.165, 1.54) is 0 Å². The first-order chi connectivity index (χ1) is 12.7. The monoisotopic (exact) mass is 385 g/mol. The molecule has 5 nitrogen and oxygen atoms in total. The van der Waals surface area contributed by atoms with Crippen molar-refractivity contribution in [1.29, 1.82) is 0 Å². The van der Waals surface area contributed by atoms with Crippen molar-refractivity contribution in [1.82, 2.24) is 10.2 Å². The molecule has 27 heavy (non-hydrogen) atoms. The van der Waals surface area contributed by atoms with E-state index in [9.17, 15) is 9.59 Å². The van der Waals surface area contributed by atoms with Gasteiger partial charge in [-0.05, 0) is 31.9 Å². The summed E-state index contributed by atoms with van der Waals surface area (Å²) in [5, 5.41) is 4.93. The number of carbonyl (C=O) groups excluding carboxylic acids is 2. The number of nitrogens with zero attached hydrogens (tertiary/aromatic N) is 2. The minimum atomic E-state index is -0.0754. The lowest BCUT2D eigenvalue weighted by Crippen LogP contribution is -2.36. The average molecular weight is 386 g/mol. The number of hydrogen-bond donors (Lipinski definition) is 1.